The number of piperidine rings is 1. The van der Waals surface area contributed by atoms with Crippen LogP contribution in [0.2, 0.25) is 0 Å². The summed E-state index contributed by atoms with van der Waals surface area (Å²) in [7, 11) is 1.29. The van der Waals surface area contributed by atoms with E-state index in [-0.39, 0.29) is 12.1 Å². The van der Waals surface area contributed by atoms with Gasteiger partial charge in [0.1, 0.15) is 6.04 Å². The molecule has 2 rings (SSSR count). The van der Waals surface area contributed by atoms with Crippen molar-refractivity contribution in [2.45, 2.75) is 37.8 Å². The molecule has 0 aromatic rings. The minimum Gasteiger partial charge on any atom is -0.480 e. The normalized spacial score (nSPS) is 25.6. The zero-order valence-corrected chi connectivity index (χ0v) is 12.1. The number of alkyl carbamates (subject to hydrolysis) is 1. The van der Waals surface area contributed by atoms with Gasteiger partial charge in [0.2, 0.25) is 0 Å². The number of carboxylic acid groups (broad SMARTS) is 1. The number of carbonyl (C=O) groups excluding carboxylic acids is 2. The van der Waals surface area contributed by atoms with E-state index in [1.165, 1.54) is 12.0 Å². The molecule has 2 saturated heterocycles. The molecule has 0 aliphatic carbocycles. The molecule has 0 radical (unpaired) electrons. The van der Waals surface area contributed by atoms with Crippen LogP contribution < -0.4 is 5.32 Å². The molecule has 0 aromatic carbocycles. The molecule has 118 valence electrons. The van der Waals surface area contributed by atoms with Gasteiger partial charge in [-0.25, -0.2) is 14.4 Å². The molecule has 2 heterocycles. The molecule has 2 atom stereocenters. The smallest absolute Gasteiger partial charge is 0.407 e. The highest BCUT2D eigenvalue weighted by Gasteiger charge is 2.37. The second-order valence-corrected chi connectivity index (χ2v) is 5.39. The van der Waals surface area contributed by atoms with E-state index in [1.54, 1.807) is 4.90 Å². The molecular formula is C13H21N3O5. The summed E-state index contributed by atoms with van der Waals surface area (Å²) in [6.45, 7) is 1.37. The number of amides is 3. The van der Waals surface area contributed by atoms with Crippen LogP contribution in [0, 0.1) is 0 Å². The number of methoxy groups -OCH3 is 1. The second kappa shape index (κ2) is 6.64. The molecular weight excluding hydrogens is 278 g/mol. The van der Waals surface area contributed by atoms with Gasteiger partial charge in [-0.05, 0) is 25.7 Å². The highest BCUT2D eigenvalue weighted by molar-refractivity contribution is 5.83. The standard InChI is InChI=1S/C13H21N3O5/c1-21-12(19)14-9-5-7-15(8-9)13(20)16-6-3-2-4-10(16)11(17)18/h9-10H,2-8H2,1H3,(H,14,19)(H,17,18). The average molecular weight is 299 g/mol. The predicted octanol–water partition coefficient (Wildman–Crippen LogP) is 0.476. The fourth-order valence-electron chi connectivity index (χ4n) is 2.88. The van der Waals surface area contributed by atoms with E-state index in [9.17, 15) is 19.5 Å². The van der Waals surface area contributed by atoms with Crippen molar-refractivity contribution in [1.82, 2.24) is 15.1 Å². The van der Waals surface area contributed by atoms with Crippen LogP contribution in [0.3, 0.4) is 0 Å². The van der Waals surface area contributed by atoms with Gasteiger partial charge in [-0.15, -0.1) is 0 Å². The van der Waals surface area contributed by atoms with E-state index >= 15 is 0 Å². The molecule has 0 bridgehead atoms. The Kier molecular flexibility index (Phi) is 4.87. The lowest BCUT2D eigenvalue weighted by atomic mass is 10.0. The van der Waals surface area contributed by atoms with Gasteiger partial charge in [-0.3, -0.25) is 0 Å². The minimum absolute atomic E-state index is 0.144. The Morgan fingerprint density at radius 1 is 1.19 bits per heavy atom. The number of likely N-dealkylation sites (tertiary alicyclic amines) is 2. The van der Waals surface area contributed by atoms with Crippen molar-refractivity contribution in [3.8, 4) is 0 Å². The van der Waals surface area contributed by atoms with Gasteiger partial charge in [0.05, 0.1) is 13.2 Å². The number of carboxylic acids is 1. The molecule has 2 fully saturated rings. The number of aliphatic carboxylic acids is 1. The summed E-state index contributed by atoms with van der Waals surface area (Å²) in [5.74, 6) is -0.952. The van der Waals surface area contributed by atoms with Crippen LogP contribution in [0.5, 0.6) is 0 Å². The fraction of sp³-hybridized carbons (Fsp3) is 0.769. The van der Waals surface area contributed by atoms with Gasteiger partial charge in [-0.1, -0.05) is 0 Å². The number of hydrogen-bond acceptors (Lipinski definition) is 4. The van der Waals surface area contributed by atoms with Crippen molar-refractivity contribution in [1.29, 1.82) is 0 Å². The first kappa shape index (κ1) is 15.4. The van der Waals surface area contributed by atoms with Crippen molar-refractivity contribution < 1.29 is 24.2 Å². The molecule has 2 aliphatic rings. The summed E-state index contributed by atoms with van der Waals surface area (Å²) in [4.78, 5) is 37.9. The maximum Gasteiger partial charge on any atom is 0.407 e. The first-order valence-electron chi connectivity index (χ1n) is 7.15. The summed E-state index contributed by atoms with van der Waals surface area (Å²) in [6, 6.07) is -1.13. The zero-order valence-electron chi connectivity index (χ0n) is 12.1. The van der Waals surface area contributed by atoms with E-state index < -0.39 is 18.1 Å². The molecule has 0 aromatic heterocycles. The van der Waals surface area contributed by atoms with Crippen molar-refractivity contribution >= 4 is 18.1 Å². The second-order valence-electron chi connectivity index (χ2n) is 5.39. The van der Waals surface area contributed by atoms with E-state index in [2.05, 4.69) is 10.1 Å². The van der Waals surface area contributed by atoms with Crippen LogP contribution in [0.4, 0.5) is 9.59 Å². The number of nitrogens with zero attached hydrogens (tertiary/aromatic N) is 2. The third kappa shape index (κ3) is 3.56. The topological polar surface area (TPSA) is 99.2 Å². The van der Waals surface area contributed by atoms with Gasteiger partial charge in [0, 0.05) is 19.6 Å². The number of urea groups is 1. The zero-order chi connectivity index (χ0) is 15.4. The van der Waals surface area contributed by atoms with Gasteiger partial charge in [-0.2, -0.15) is 0 Å². The molecule has 2 N–H and O–H groups in total. The Labute approximate surface area is 123 Å². The van der Waals surface area contributed by atoms with Gasteiger partial charge in [0.25, 0.3) is 0 Å². The lowest BCUT2D eigenvalue weighted by Gasteiger charge is -2.35. The molecule has 0 spiro atoms. The number of hydrogen-bond donors (Lipinski definition) is 2. The number of rotatable bonds is 2. The highest BCUT2D eigenvalue weighted by atomic mass is 16.5. The van der Waals surface area contributed by atoms with Crippen LogP contribution in [-0.4, -0.2) is 71.8 Å². The van der Waals surface area contributed by atoms with E-state index in [1.807, 2.05) is 0 Å². The summed E-state index contributed by atoms with van der Waals surface area (Å²) in [6.07, 6.45) is 2.28. The van der Waals surface area contributed by atoms with Crippen LogP contribution in [-0.2, 0) is 9.53 Å². The molecule has 8 heteroatoms. The van der Waals surface area contributed by atoms with Gasteiger partial charge < -0.3 is 25.0 Å². The summed E-state index contributed by atoms with van der Waals surface area (Å²) in [5, 5.41) is 11.9. The Hall–Kier alpha value is -1.99. The molecule has 21 heavy (non-hydrogen) atoms. The number of carbonyl (C=O) groups is 3. The van der Waals surface area contributed by atoms with E-state index in [4.69, 9.17) is 0 Å². The lowest BCUT2D eigenvalue weighted by Crippen LogP contribution is -2.53. The highest BCUT2D eigenvalue weighted by Crippen LogP contribution is 2.21. The van der Waals surface area contributed by atoms with Crippen molar-refractivity contribution in [2.24, 2.45) is 0 Å². The predicted molar refractivity (Wildman–Crippen MR) is 72.9 cm³/mol. The molecule has 8 nitrogen and oxygen atoms in total. The monoisotopic (exact) mass is 299 g/mol. The Balaban J connectivity index is 1.94. The summed E-state index contributed by atoms with van der Waals surface area (Å²) < 4.78 is 4.53. The van der Waals surface area contributed by atoms with Crippen LogP contribution in [0.1, 0.15) is 25.7 Å². The van der Waals surface area contributed by atoms with Gasteiger partial charge >= 0.3 is 18.1 Å². The van der Waals surface area contributed by atoms with Crippen LogP contribution in [0.15, 0.2) is 0 Å². The number of nitrogens with one attached hydrogen (secondary N) is 1. The Morgan fingerprint density at radius 3 is 2.62 bits per heavy atom. The molecule has 2 aliphatic heterocycles. The van der Waals surface area contributed by atoms with E-state index in [0.717, 1.165) is 12.8 Å². The summed E-state index contributed by atoms with van der Waals surface area (Å²) in [5.41, 5.74) is 0. The Morgan fingerprint density at radius 2 is 1.95 bits per heavy atom. The van der Waals surface area contributed by atoms with E-state index in [0.29, 0.717) is 32.5 Å². The van der Waals surface area contributed by atoms with Crippen LogP contribution in [0.25, 0.3) is 0 Å². The SMILES string of the molecule is COC(=O)NC1CCN(C(=O)N2CCCCC2C(=O)O)C1. The lowest BCUT2D eigenvalue weighted by molar-refractivity contribution is -0.143. The first-order valence-corrected chi connectivity index (χ1v) is 7.15. The summed E-state index contributed by atoms with van der Waals surface area (Å²) >= 11 is 0. The average Bonchev–Trinajstić information content (AvgIpc) is 2.94. The van der Waals surface area contributed by atoms with Crippen molar-refractivity contribution in [3.63, 3.8) is 0 Å². The maximum atomic E-state index is 12.5. The van der Waals surface area contributed by atoms with Crippen LogP contribution >= 0.6 is 0 Å². The third-order valence-corrected chi connectivity index (χ3v) is 4.00. The Bertz CT molecular complexity index is 428. The molecule has 2 unspecified atom stereocenters. The van der Waals surface area contributed by atoms with Gasteiger partial charge in [0.15, 0.2) is 0 Å². The number of ether oxygens (including phenoxy) is 1. The fourth-order valence-corrected chi connectivity index (χ4v) is 2.88. The maximum absolute atomic E-state index is 12.5. The quantitative estimate of drug-likeness (QED) is 0.772. The van der Waals surface area contributed by atoms with Crippen molar-refractivity contribution in [3.05, 3.63) is 0 Å². The molecule has 3 amide bonds. The third-order valence-electron chi connectivity index (χ3n) is 4.00. The first-order chi connectivity index (χ1) is 10.0. The minimum atomic E-state index is -0.952. The molecule has 0 saturated carbocycles. The largest absolute Gasteiger partial charge is 0.480 e. The van der Waals surface area contributed by atoms with Crippen molar-refractivity contribution in [2.75, 3.05) is 26.7 Å².